The fourth-order valence-electron chi connectivity index (χ4n) is 5.24. The molecule has 0 radical (unpaired) electrons. The van der Waals surface area contributed by atoms with Crippen LogP contribution in [0.5, 0.6) is 0 Å². The van der Waals surface area contributed by atoms with Gasteiger partial charge in [0.1, 0.15) is 11.6 Å². The second-order valence-corrected chi connectivity index (χ2v) is 10.9. The van der Waals surface area contributed by atoms with Gasteiger partial charge < -0.3 is 29.9 Å². The molecule has 0 saturated carbocycles. The lowest BCUT2D eigenvalue weighted by molar-refractivity contribution is -0.133. The lowest BCUT2D eigenvalue weighted by Crippen LogP contribution is -2.54. The van der Waals surface area contributed by atoms with Crippen molar-refractivity contribution in [3.05, 3.63) is 30.3 Å². The second-order valence-electron chi connectivity index (χ2n) is 10.1. The third-order valence-electron chi connectivity index (χ3n) is 7.59. The van der Waals surface area contributed by atoms with Crippen LogP contribution in [0, 0.1) is 0 Å². The Balaban J connectivity index is 1.15. The maximum Gasteiger partial charge on any atom is 0.236 e. The molecule has 0 aliphatic carbocycles. The number of morpholine rings is 1. The zero-order valence-corrected chi connectivity index (χ0v) is 23.6. The van der Waals surface area contributed by atoms with Gasteiger partial charge in [0.15, 0.2) is 5.16 Å². The number of carbonyl (C=O) groups is 1. The molecule has 212 valence electrons. The first-order valence-corrected chi connectivity index (χ1v) is 15.0. The summed E-state index contributed by atoms with van der Waals surface area (Å²) in [4.78, 5) is 33.4. The largest absolute Gasteiger partial charge is 0.395 e. The maximum atomic E-state index is 13.0. The van der Waals surface area contributed by atoms with Gasteiger partial charge in [-0.1, -0.05) is 11.8 Å². The van der Waals surface area contributed by atoms with Crippen LogP contribution in [0.3, 0.4) is 0 Å². The first-order valence-electron chi connectivity index (χ1n) is 13.8. The molecule has 0 bridgehead atoms. The molecule has 3 fully saturated rings. The summed E-state index contributed by atoms with van der Waals surface area (Å²) in [5, 5.41) is 13.3. The lowest BCUT2D eigenvalue weighted by Gasteiger charge is -2.38. The zero-order valence-electron chi connectivity index (χ0n) is 22.8. The molecule has 1 aromatic heterocycles. The molecule has 3 saturated heterocycles. The van der Waals surface area contributed by atoms with Gasteiger partial charge in [-0.05, 0) is 30.5 Å². The Kier molecular flexibility index (Phi) is 9.75. The predicted octanol–water partition coefficient (Wildman–Crippen LogP) is 1.04. The summed E-state index contributed by atoms with van der Waals surface area (Å²) >= 11 is 1.53. The van der Waals surface area contributed by atoms with E-state index in [-0.39, 0.29) is 12.5 Å². The number of nitrogens with zero attached hydrogens (tertiary/aromatic N) is 7. The Morgan fingerprint density at radius 2 is 1.62 bits per heavy atom. The van der Waals surface area contributed by atoms with Crippen LogP contribution in [-0.2, 0) is 9.53 Å². The van der Waals surface area contributed by atoms with Gasteiger partial charge in [0.25, 0.3) is 0 Å². The first kappa shape index (κ1) is 27.9. The quantitative estimate of drug-likeness (QED) is 0.342. The number of ether oxygens (including phenoxy) is 1. The number of rotatable bonds is 9. The third-order valence-corrected chi connectivity index (χ3v) is 8.13. The highest BCUT2D eigenvalue weighted by atomic mass is 32.2. The van der Waals surface area contributed by atoms with Crippen LogP contribution in [0.1, 0.15) is 0 Å². The van der Waals surface area contributed by atoms with E-state index >= 15 is 0 Å². The molecule has 0 atom stereocenters. The summed E-state index contributed by atoms with van der Waals surface area (Å²) in [6, 6.07) is 10.4. The monoisotopic (exact) mass is 556 g/mol. The molecule has 2 N–H and O–H groups in total. The summed E-state index contributed by atoms with van der Waals surface area (Å²) in [5.74, 6) is 1.84. The highest BCUT2D eigenvalue weighted by molar-refractivity contribution is 7.98. The van der Waals surface area contributed by atoms with Crippen molar-refractivity contribution in [2.24, 2.45) is 0 Å². The number of aromatic nitrogens is 2. The standard InChI is InChI=1S/C27H40N8O3S/c1-39-27-29-24(28-22-2-4-23(5-3-22)33-15-18-38-19-16-33)20-25(30-27)34-10-12-35(13-11-34)26(37)21-32-8-6-31(7-9-32)14-17-36/h2-5,20,36H,6-19,21H2,1H3,(H,28,29,30). The maximum absolute atomic E-state index is 13.0. The van der Waals surface area contributed by atoms with Crippen LogP contribution in [0.4, 0.5) is 23.0 Å². The molecule has 12 heteroatoms. The highest BCUT2D eigenvalue weighted by Crippen LogP contribution is 2.26. The van der Waals surface area contributed by atoms with Crippen molar-refractivity contribution in [2.75, 3.05) is 120 Å². The average Bonchev–Trinajstić information content (AvgIpc) is 2.99. The molecular weight excluding hydrogens is 516 g/mol. The van der Waals surface area contributed by atoms with Gasteiger partial charge in [0.05, 0.1) is 26.4 Å². The van der Waals surface area contributed by atoms with E-state index in [9.17, 15) is 4.79 Å². The number of hydrogen-bond donors (Lipinski definition) is 2. The van der Waals surface area contributed by atoms with Crippen LogP contribution in [0.15, 0.2) is 35.5 Å². The van der Waals surface area contributed by atoms with E-state index in [1.807, 2.05) is 17.2 Å². The molecule has 3 aliphatic heterocycles. The number of benzene rings is 1. The Morgan fingerprint density at radius 3 is 2.28 bits per heavy atom. The summed E-state index contributed by atoms with van der Waals surface area (Å²) in [7, 11) is 0. The van der Waals surface area contributed by atoms with Gasteiger partial charge in [-0.15, -0.1) is 0 Å². The summed E-state index contributed by atoms with van der Waals surface area (Å²) in [6.45, 7) is 11.2. The fourth-order valence-corrected chi connectivity index (χ4v) is 5.62. The zero-order chi connectivity index (χ0) is 27.0. The number of thioether (sulfide) groups is 1. The van der Waals surface area contributed by atoms with Crippen LogP contribution < -0.4 is 15.1 Å². The van der Waals surface area contributed by atoms with Gasteiger partial charge in [-0.25, -0.2) is 9.97 Å². The molecular formula is C27H40N8O3S. The van der Waals surface area contributed by atoms with Crippen LogP contribution in [-0.4, -0.2) is 140 Å². The van der Waals surface area contributed by atoms with Crippen molar-refractivity contribution >= 4 is 40.7 Å². The van der Waals surface area contributed by atoms with Crippen molar-refractivity contribution in [3.8, 4) is 0 Å². The number of piperazine rings is 2. The Hall–Kier alpha value is -2.64. The summed E-state index contributed by atoms with van der Waals surface area (Å²) in [6.07, 6.45) is 1.99. The van der Waals surface area contributed by atoms with E-state index in [1.165, 1.54) is 17.4 Å². The molecule has 2 aromatic rings. The van der Waals surface area contributed by atoms with E-state index in [1.54, 1.807) is 0 Å². The van der Waals surface area contributed by atoms with Crippen LogP contribution in [0.2, 0.25) is 0 Å². The topological polar surface area (TPSA) is 101 Å². The normalized spacial score (nSPS) is 19.4. The molecule has 0 unspecified atom stereocenters. The number of nitrogens with one attached hydrogen (secondary N) is 1. The van der Waals surface area contributed by atoms with Crippen molar-refractivity contribution in [1.82, 2.24) is 24.7 Å². The van der Waals surface area contributed by atoms with Crippen molar-refractivity contribution in [3.63, 3.8) is 0 Å². The number of β-amino-alcohol motifs (C(OH)–C–C–N with tert-alkyl or cyclic N) is 1. The molecule has 4 heterocycles. The Labute approximate surface area is 235 Å². The Bertz CT molecular complexity index is 1070. The van der Waals surface area contributed by atoms with Gasteiger partial charge in [0.2, 0.25) is 5.91 Å². The van der Waals surface area contributed by atoms with E-state index in [2.05, 4.69) is 54.2 Å². The summed E-state index contributed by atoms with van der Waals surface area (Å²) in [5.41, 5.74) is 2.18. The van der Waals surface area contributed by atoms with Crippen molar-refractivity contribution in [1.29, 1.82) is 0 Å². The molecule has 11 nitrogen and oxygen atoms in total. The van der Waals surface area contributed by atoms with Crippen LogP contribution >= 0.6 is 11.8 Å². The molecule has 1 aromatic carbocycles. The minimum absolute atomic E-state index is 0.188. The van der Waals surface area contributed by atoms with Crippen molar-refractivity contribution < 1.29 is 14.6 Å². The van der Waals surface area contributed by atoms with Gasteiger partial charge >= 0.3 is 0 Å². The van der Waals surface area contributed by atoms with E-state index < -0.39 is 0 Å². The van der Waals surface area contributed by atoms with E-state index in [0.29, 0.717) is 26.2 Å². The third kappa shape index (κ3) is 7.52. The van der Waals surface area contributed by atoms with Gasteiger partial charge in [0, 0.05) is 89.4 Å². The smallest absolute Gasteiger partial charge is 0.236 e. The second kappa shape index (κ2) is 13.6. The van der Waals surface area contributed by atoms with E-state index in [0.717, 1.165) is 88.1 Å². The number of hydrogen-bond acceptors (Lipinski definition) is 11. The van der Waals surface area contributed by atoms with Gasteiger partial charge in [-0.3, -0.25) is 14.6 Å². The number of aliphatic hydroxyl groups is 1. The molecule has 0 spiro atoms. The molecule has 1 amide bonds. The minimum Gasteiger partial charge on any atom is -0.395 e. The average molecular weight is 557 g/mol. The fraction of sp³-hybridized carbons (Fsp3) is 0.593. The molecule has 39 heavy (non-hydrogen) atoms. The van der Waals surface area contributed by atoms with E-state index in [4.69, 9.17) is 14.8 Å². The van der Waals surface area contributed by atoms with Crippen molar-refractivity contribution in [2.45, 2.75) is 5.16 Å². The number of aliphatic hydroxyl groups excluding tert-OH is 1. The summed E-state index contributed by atoms with van der Waals surface area (Å²) < 4.78 is 5.46. The Morgan fingerprint density at radius 1 is 0.923 bits per heavy atom. The SMILES string of the molecule is CSc1nc(Nc2ccc(N3CCOCC3)cc2)cc(N2CCN(C(=O)CN3CCN(CCO)CC3)CC2)n1. The first-order chi connectivity index (χ1) is 19.1. The lowest BCUT2D eigenvalue weighted by atomic mass is 10.2. The molecule has 5 rings (SSSR count). The number of anilines is 4. The predicted molar refractivity (Wildman–Crippen MR) is 155 cm³/mol. The van der Waals surface area contributed by atoms with Crippen LogP contribution in [0.25, 0.3) is 0 Å². The molecule has 3 aliphatic rings. The number of amides is 1. The highest BCUT2D eigenvalue weighted by Gasteiger charge is 2.25. The minimum atomic E-state index is 0.188. The van der Waals surface area contributed by atoms with Gasteiger partial charge in [-0.2, -0.15) is 0 Å². The number of carbonyl (C=O) groups excluding carboxylic acids is 1.